The first-order valence-electron chi connectivity index (χ1n) is 8.55. The van der Waals surface area contributed by atoms with E-state index in [1.54, 1.807) is 0 Å². The third-order valence-corrected chi connectivity index (χ3v) is 5.36. The standard InChI is InChI=1S/C8H19NO3S.C7H15NO5S/c1-4-8(2,3)9-6-5-7-13(10,11)12;1-7(2,6(9)10)8-4-3-5-14(11,12)13/h9H,4-7H2,1-3H3,(H,10,11,12);8H,3-5H2,1-2H3,(H,9,10)(H,11,12,13). The molecule has 0 aromatic heterocycles. The average Bonchev–Trinajstić information content (AvgIpc) is 2.47. The van der Waals surface area contributed by atoms with Crippen LogP contribution >= 0.6 is 0 Å². The number of nitrogens with one attached hydrogen (secondary N) is 2. The summed E-state index contributed by atoms with van der Waals surface area (Å²) < 4.78 is 58.1. The van der Waals surface area contributed by atoms with Gasteiger partial charge in [0.15, 0.2) is 0 Å². The summed E-state index contributed by atoms with van der Waals surface area (Å²) in [6.07, 6.45) is 1.61. The van der Waals surface area contributed by atoms with Gasteiger partial charge < -0.3 is 15.7 Å². The van der Waals surface area contributed by atoms with Crippen molar-refractivity contribution >= 4 is 26.2 Å². The molecule has 0 atom stereocenters. The summed E-state index contributed by atoms with van der Waals surface area (Å²) in [5.41, 5.74) is -1.04. The third kappa shape index (κ3) is 19.8. The van der Waals surface area contributed by atoms with Gasteiger partial charge in [0.2, 0.25) is 0 Å². The van der Waals surface area contributed by atoms with E-state index in [0.29, 0.717) is 13.0 Å². The minimum absolute atomic E-state index is 0.0409. The van der Waals surface area contributed by atoms with E-state index < -0.39 is 31.7 Å². The van der Waals surface area contributed by atoms with Crippen molar-refractivity contribution in [2.45, 2.75) is 65.0 Å². The van der Waals surface area contributed by atoms with Crippen LogP contribution < -0.4 is 10.6 Å². The first kappa shape index (κ1) is 28.4. The predicted molar refractivity (Wildman–Crippen MR) is 104 cm³/mol. The monoisotopic (exact) mass is 434 g/mol. The highest BCUT2D eigenvalue weighted by Gasteiger charge is 2.25. The highest BCUT2D eigenvalue weighted by molar-refractivity contribution is 7.86. The van der Waals surface area contributed by atoms with Crippen molar-refractivity contribution in [3.05, 3.63) is 0 Å². The summed E-state index contributed by atoms with van der Waals surface area (Å²) >= 11 is 0. The van der Waals surface area contributed by atoms with Gasteiger partial charge in [-0.25, -0.2) is 0 Å². The molecule has 0 aromatic rings. The molecule has 0 aliphatic carbocycles. The van der Waals surface area contributed by atoms with Crippen molar-refractivity contribution < 1.29 is 35.8 Å². The molecule has 12 heteroatoms. The summed E-state index contributed by atoms with van der Waals surface area (Å²) in [5.74, 6) is -1.54. The van der Waals surface area contributed by atoms with Gasteiger partial charge in [-0.15, -0.1) is 0 Å². The molecule has 0 rings (SSSR count). The summed E-state index contributed by atoms with van der Waals surface area (Å²) in [4.78, 5) is 10.6. The number of hydrogen-bond donors (Lipinski definition) is 5. The van der Waals surface area contributed by atoms with Gasteiger partial charge in [0.05, 0.1) is 11.5 Å². The zero-order valence-corrected chi connectivity index (χ0v) is 18.3. The predicted octanol–water partition coefficient (Wildman–Crippen LogP) is 0.760. The Morgan fingerprint density at radius 3 is 1.52 bits per heavy atom. The maximum Gasteiger partial charge on any atom is 0.323 e. The van der Waals surface area contributed by atoms with Crippen LogP contribution in [0.4, 0.5) is 0 Å². The number of carbonyl (C=O) groups is 1. The molecule has 0 saturated heterocycles. The van der Waals surface area contributed by atoms with E-state index in [4.69, 9.17) is 14.2 Å². The molecule has 5 N–H and O–H groups in total. The van der Waals surface area contributed by atoms with Crippen LogP contribution in [-0.2, 0) is 25.0 Å². The maximum absolute atomic E-state index is 10.6. The van der Waals surface area contributed by atoms with Crippen LogP contribution in [0, 0.1) is 0 Å². The largest absolute Gasteiger partial charge is 0.480 e. The first-order valence-corrected chi connectivity index (χ1v) is 11.8. The summed E-state index contributed by atoms with van der Waals surface area (Å²) in [6.45, 7) is 9.96. The Labute approximate surface area is 162 Å². The highest BCUT2D eigenvalue weighted by atomic mass is 32.2. The van der Waals surface area contributed by atoms with E-state index in [0.717, 1.165) is 6.42 Å². The molecule has 10 nitrogen and oxygen atoms in total. The lowest BCUT2D eigenvalue weighted by Gasteiger charge is -2.24. The Morgan fingerprint density at radius 2 is 1.22 bits per heavy atom. The van der Waals surface area contributed by atoms with E-state index in [2.05, 4.69) is 31.4 Å². The Hall–Kier alpha value is -0.790. The quantitative estimate of drug-likeness (QED) is 0.218. The second kappa shape index (κ2) is 11.9. The maximum atomic E-state index is 10.6. The van der Waals surface area contributed by atoms with Crippen molar-refractivity contribution in [3.63, 3.8) is 0 Å². The average molecular weight is 435 g/mol. The Kier molecular flexibility index (Phi) is 12.5. The second-order valence-electron chi connectivity index (χ2n) is 7.30. The molecule has 0 fully saturated rings. The molecule has 27 heavy (non-hydrogen) atoms. The van der Waals surface area contributed by atoms with Crippen LogP contribution in [0.3, 0.4) is 0 Å². The molecule has 0 aromatic carbocycles. The molecule has 0 heterocycles. The van der Waals surface area contributed by atoms with Crippen molar-refractivity contribution in [1.82, 2.24) is 10.6 Å². The minimum Gasteiger partial charge on any atom is -0.480 e. The molecule has 0 aliphatic heterocycles. The van der Waals surface area contributed by atoms with Crippen LogP contribution in [0.1, 0.15) is 53.9 Å². The molecule has 0 amide bonds. The molecule has 0 saturated carbocycles. The van der Waals surface area contributed by atoms with Gasteiger partial charge in [0, 0.05) is 5.54 Å². The molecule has 0 aliphatic rings. The number of carboxylic acid groups (broad SMARTS) is 1. The Bertz CT molecular complexity index is 643. The summed E-state index contributed by atoms with van der Waals surface area (Å²) in [7, 11) is -7.74. The van der Waals surface area contributed by atoms with Crippen LogP contribution in [-0.4, -0.2) is 72.7 Å². The van der Waals surface area contributed by atoms with E-state index in [1.165, 1.54) is 13.8 Å². The van der Waals surface area contributed by atoms with Crippen molar-refractivity contribution in [3.8, 4) is 0 Å². The van der Waals surface area contributed by atoms with Gasteiger partial charge in [-0.1, -0.05) is 6.92 Å². The number of rotatable bonds is 12. The molecule has 0 bridgehead atoms. The lowest BCUT2D eigenvalue weighted by atomic mass is 10.0. The molecular weight excluding hydrogens is 400 g/mol. The molecule has 164 valence electrons. The zero-order chi connectivity index (χ0) is 21.9. The Morgan fingerprint density at radius 1 is 0.852 bits per heavy atom. The van der Waals surface area contributed by atoms with Crippen LogP contribution in [0.2, 0.25) is 0 Å². The number of carboxylic acids is 1. The van der Waals surface area contributed by atoms with Crippen LogP contribution in [0.15, 0.2) is 0 Å². The second-order valence-corrected chi connectivity index (χ2v) is 10.4. The van der Waals surface area contributed by atoms with Gasteiger partial charge in [-0.2, -0.15) is 16.8 Å². The van der Waals surface area contributed by atoms with E-state index in [-0.39, 0.29) is 30.0 Å². The smallest absolute Gasteiger partial charge is 0.323 e. The van der Waals surface area contributed by atoms with Gasteiger partial charge in [0.1, 0.15) is 5.54 Å². The molecule has 0 radical (unpaired) electrons. The van der Waals surface area contributed by atoms with Crippen LogP contribution in [0.25, 0.3) is 0 Å². The summed E-state index contributed by atoms with van der Waals surface area (Å²) in [6, 6.07) is 0. The van der Waals surface area contributed by atoms with E-state index >= 15 is 0 Å². The first-order chi connectivity index (χ1) is 11.9. The lowest BCUT2D eigenvalue weighted by Crippen LogP contribution is -2.47. The van der Waals surface area contributed by atoms with Gasteiger partial charge in [0.25, 0.3) is 20.2 Å². The zero-order valence-electron chi connectivity index (χ0n) is 16.6. The van der Waals surface area contributed by atoms with E-state index in [1.807, 2.05) is 0 Å². The van der Waals surface area contributed by atoms with Gasteiger partial charge in [-0.3, -0.25) is 13.9 Å². The van der Waals surface area contributed by atoms with Crippen molar-refractivity contribution in [1.29, 1.82) is 0 Å². The normalized spacial score (nSPS) is 13.0. The minimum atomic E-state index is -3.95. The van der Waals surface area contributed by atoms with Gasteiger partial charge >= 0.3 is 5.97 Å². The van der Waals surface area contributed by atoms with Crippen LogP contribution in [0.5, 0.6) is 0 Å². The topological polar surface area (TPSA) is 170 Å². The SMILES string of the molecule is CC(C)(NCCCS(=O)(=O)O)C(=O)O.CCC(C)(C)NCCCS(=O)(=O)O. The van der Waals surface area contributed by atoms with Crippen molar-refractivity contribution in [2.24, 2.45) is 0 Å². The Balaban J connectivity index is 0. The lowest BCUT2D eigenvalue weighted by molar-refractivity contribution is -0.143. The van der Waals surface area contributed by atoms with Gasteiger partial charge in [-0.05, 0) is 60.0 Å². The molecular formula is C15H34N2O8S2. The fourth-order valence-corrected chi connectivity index (χ4v) is 2.56. The fourth-order valence-electron chi connectivity index (χ4n) is 1.54. The molecule has 0 spiro atoms. The fraction of sp³-hybridized carbons (Fsp3) is 0.933. The summed E-state index contributed by atoms with van der Waals surface area (Å²) in [5, 5.41) is 14.5. The molecule has 0 unspecified atom stereocenters. The number of aliphatic carboxylic acids is 1. The number of hydrogen-bond acceptors (Lipinski definition) is 7. The van der Waals surface area contributed by atoms with Crippen molar-refractivity contribution in [2.75, 3.05) is 24.6 Å². The third-order valence-electron chi connectivity index (χ3n) is 3.75. The van der Waals surface area contributed by atoms with E-state index in [9.17, 15) is 21.6 Å². The highest BCUT2D eigenvalue weighted by Crippen LogP contribution is 2.06.